The van der Waals surface area contributed by atoms with Crippen molar-refractivity contribution in [2.24, 2.45) is 5.73 Å². The molecule has 0 radical (unpaired) electrons. The minimum atomic E-state index is -0.408. The number of benzene rings is 2. The molecule has 34 heavy (non-hydrogen) atoms. The van der Waals surface area contributed by atoms with Crippen LogP contribution in [0.3, 0.4) is 0 Å². The van der Waals surface area contributed by atoms with Crippen LogP contribution in [0.25, 0.3) is 0 Å². The summed E-state index contributed by atoms with van der Waals surface area (Å²) in [6, 6.07) is 10.3. The van der Waals surface area contributed by atoms with Crippen molar-refractivity contribution in [1.82, 2.24) is 5.32 Å². The van der Waals surface area contributed by atoms with Gasteiger partial charge in [0.15, 0.2) is 11.5 Å². The molecule has 2 aromatic carbocycles. The molecule has 7 nitrogen and oxygen atoms in total. The number of anilines is 1. The first-order valence-electron chi connectivity index (χ1n) is 12.0. The highest BCUT2D eigenvalue weighted by molar-refractivity contribution is 9.10. The maximum atomic E-state index is 12.3. The number of hydrogen-bond donors (Lipinski definition) is 3. The highest BCUT2D eigenvalue weighted by atomic mass is 79.9. The summed E-state index contributed by atoms with van der Waals surface area (Å²) < 4.78 is 12.5. The zero-order chi connectivity index (χ0) is 24.7. The van der Waals surface area contributed by atoms with Crippen LogP contribution < -0.4 is 25.4 Å². The van der Waals surface area contributed by atoms with Gasteiger partial charge in [-0.15, -0.1) is 0 Å². The lowest BCUT2D eigenvalue weighted by Crippen LogP contribution is -2.33. The molecule has 0 saturated carbocycles. The molecule has 0 aromatic heterocycles. The smallest absolute Gasteiger partial charge is 0.250 e. The summed E-state index contributed by atoms with van der Waals surface area (Å²) in [5.41, 5.74) is 9.52. The van der Waals surface area contributed by atoms with Crippen LogP contribution in [0.5, 0.6) is 11.5 Å². The minimum Gasteiger partial charge on any atom is -0.490 e. The molecule has 0 fully saturated rings. The second-order valence-corrected chi connectivity index (χ2v) is 9.69. The number of ether oxygens (including phenoxy) is 2. The quantitative estimate of drug-likeness (QED) is 0.340. The van der Waals surface area contributed by atoms with Crippen LogP contribution in [0.2, 0.25) is 0 Å². The van der Waals surface area contributed by atoms with E-state index < -0.39 is 5.91 Å². The minimum absolute atomic E-state index is 0.129. The average Bonchev–Trinajstić information content (AvgIpc) is 3.10. The number of halogens is 1. The van der Waals surface area contributed by atoms with Gasteiger partial charge in [-0.3, -0.25) is 4.79 Å². The number of aliphatic hydroxyl groups is 1. The molecule has 1 aliphatic heterocycles. The first kappa shape index (κ1) is 26.3. The molecule has 2 unspecified atom stereocenters. The van der Waals surface area contributed by atoms with E-state index in [1.54, 1.807) is 0 Å². The lowest BCUT2D eigenvalue weighted by atomic mass is 9.97. The van der Waals surface area contributed by atoms with Gasteiger partial charge in [-0.05, 0) is 75.4 Å². The Morgan fingerprint density at radius 3 is 2.79 bits per heavy atom. The number of primary amides is 1. The van der Waals surface area contributed by atoms with Crippen LogP contribution in [0.4, 0.5) is 5.69 Å². The molecule has 1 heterocycles. The van der Waals surface area contributed by atoms with Crippen molar-refractivity contribution in [1.29, 1.82) is 0 Å². The number of carbonyl (C=O) groups is 1. The number of amides is 1. The monoisotopic (exact) mass is 533 g/mol. The third kappa shape index (κ3) is 6.64. The number of nitrogens with one attached hydrogen (secondary N) is 1. The molecular weight excluding hydrogens is 498 g/mol. The summed E-state index contributed by atoms with van der Waals surface area (Å²) >= 11 is 3.46. The van der Waals surface area contributed by atoms with Gasteiger partial charge in [0.1, 0.15) is 6.61 Å². The maximum absolute atomic E-state index is 12.3. The Bertz CT molecular complexity index is 985. The van der Waals surface area contributed by atoms with Gasteiger partial charge < -0.3 is 30.5 Å². The molecule has 2 aromatic rings. The van der Waals surface area contributed by atoms with E-state index >= 15 is 0 Å². The van der Waals surface area contributed by atoms with E-state index in [0.717, 1.165) is 45.6 Å². The van der Waals surface area contributed by atoms with E-state index in [4.69, 9.17) is 15.2 Å². The Balaban J connectivity index is 1.59. The van der Waals surface area contributed by atoms with E-state index in [-0.39, 0.29) is 18.7 Å². The molecule has 1 amide bonds. The molecule has 0 aliphatic carbocycles. The first-order valence-corrected chi connectivity index (χ1v) is 12.7. The SMILES string of the molecule is CCOc1cc(Br)ccc1OCCNC(C)Cc1cc2c(c(C(N)=O)c1)N(CCCO)C(C)C2. The molecule has 4 N–H and O–H groups in total. The number of rotatable bonds is 13. The van der Waals surface area contributed by atoms with Crippen molar-refractivity contribution >= 4 is 27.5 Å². The Morgan fingerprint density at radius 1 is 1.29 bits per heavy atom. The fraction of sp³-hybridized carbons (Fsp3) is 0.500. The van der Waals surface area contributed by atoms with Crippen LogP contribution in [-0.4, -0.2) is 56.0 Å². The summed E-state index contributed by atoms with van der Waals surface area (Å²) in [5, 5.41) is 12.7. The largest absolute Gasteiger partial charge is 0.490 e. The van der Waals surface area contributed by atoms with Crippen LogP contribution in [0.1, 0.15) is 48.7 Å². The second kappa shape index (κ2) is 12.4. The fourth-order valence-electron chi connectivity index (χ4n) is 4.54. The number of nitrogens with two attached hydrogens (primary N) is 1. The topological polar surface area (TPSA) is 97.1 Å². The normalized spacial score (nSPS) is 15.8. The lowest BCUT2D eigenvalue weighted by Gasteiger charge is -2.26. The molecule has 186 valence electrons. The van der Waals surface area contributed by atoms with E-state index in [0.29, 0.717) is 38.3 Å². The van der Waals surface area contributed by atoms with Gasteiger partial charge in [-0.1, -0.05) is 22.0 Å². The summed E-state index contributed by atoms with van der Waals surface area (Å²) in [4.78, 5) is 14.5. The highest BCUT2D eigenvalue weighted by Gasteiger charge is 2.30. The second-order valence-electron chi connectivity index (χ2n) is 8.77. The number of fused-ring (bicyclic) bond motifs is 1. The third-order valence-electron chi connectivity index (χ3n) is 6.01. The van der Waals surface area contributed by atoms with Gasteiger partial charge in [-0.2, -0.15) is 0 Å². The van der Waals surface area contributed by atoms with Gasteiger partial charge in [0.05, 0.1) is 17.9 Å². The maximum Gasteiger partial charge on any atom is 0.250 e. The predicted molar refractivity (Wildman–Crippen MR) is 139 cm³/mol. The van der Waals surface area contributed by atoms with Crippen molar-refractivity contribution in [3.05, 3.63) is 51.5 Å². The van der Waals surface area contributed by atoms with E-state index in [9.17, 15) is 9.90 Å². The van der Waals surface area contributed by atoms with E-state index in [1.165, 1.54) is 0 Å². The molecule has 8 heteroatoms. The standard InChI is InChI=1S/C26H36BrN3O4/c1-4-33-24-16-21(27)6-7-23(24)34-11-8-29-17(2)12-19-14-20-13-18(3)30(9-5-10-31)25(20)22(15-19)26(28)32/h6-7,14-18,29,31H,4-5,8-13H2,1-3H3,(H2,28,32). The molecule has 3 rings (SSSR count). The number of hydrogen-bond acceptors (Lipinski definition) is 6. The molecule has 0 spiro atoms. The van der Waals surface area contributed by atoms with Crippen LogP contribution in [0.15, 0.2) is 34.8 Å². The van der Waals surface area contributed by atoms with Gasteiger partial charge >= 0.3 is 0 Å². The Hall–Kier alpha value is -2.29. The van der Waals surface area contributed by atoms with Crippen molar-refractivity contribution in [2.45, 2.75) is 52.1 Å². The van der Waals surface area contributed by atoms with E-state index in [2.05, 4.69) is 46.1 Å². The molecule has 0 bridgehead atoms. The summed E-state index contributed by atoms with van der Waals surface area (Å²) in [6.45, 7) is 8.84. The van der Waals surface area contributed by atoms with Crippen molar-refractivity contribution in [2.75, 3.05) is 37.8 Å². The van der Waals surface area contributed by atoms with Gasteiger partial charge in [0, 0.05) is 36.3 Å². The Morgan fingerprint density at radius 2 is 2.09 bits per heavy atom. The summed E-state index contributed by atoms with van der Waals surface area (Å²) in [5.74, 6) is 1.04. The molecule has 1 aliphatic rings. The average molecular weight is 534 g/mol. The van der Waals surface area contributed by atoms with Gasteiger partial charge in [0.2, 0.25) is 0 Å². The predicted octanol–water partition coefficient (Wildman–Crippen LogP) is 3.68. The van der Waals surface area contributed by atoms with Crippen molar-refractivity contribution in [3.63, 3.8) is 0 Å². The third-order valence-corrected chi connectivity index (χ3v) is 6.50. The first-order chi connectivity index (χ1) is 16.3. The van der Waals surface area contributed by atoms with Crippen LogP contribution in [-0.2, 0) is 12.8 Å². The number of aliphatic hydroxyl groups excluding tert-OH is 1. The van der Waals surface area contributed by atoms with Crippen LogP contribution >= 0.6 is 15.9 Å². The number of carbonyl (C=O) groups excluding carboxylic acids is 1. The summed E-state index contributed by atoms with van der Waals surface area (Å²) in [6.07, 6.45) is 2.32. The highest BCUT2D eigenvalue weighted by Crippen LogP contribution is 2.37. The molecule has 2 atom stereocenters. The Kier molecular flexibility index (Phi) is 9.62. The lowest BCUT2D eigenvalue weighted by molar-refractivity contribution is 0.100. The Labute approximate surface area is 210 Å². The van der Waals surface area contributed by atoms with Crippen LogP contribution in [0, 0.1) is 0 Å². The van der Waals surface area contributed by atoms with Gasteiger partial charge in [0.25, 0.3) is 5.91 Å². The van der Waals surface area contributed by atoms with Gasteiger partial charge in [-0.25, -0.2) is 0 Å². The van der Waals surface area contributed by atoms with Crippen molar-refractivity contribution in [3.8, 4) is 11.5 Å². The van der Waals surface area contributed by atoms with Crippen molar-refractivity contribution < 1.29 is 19.4 Å². The zero-order valence-corrected chi connectivity index (χ0v) is 21.9. The summed E-state index contributed by atoms with van der Waals surface area (Å²) in [7, 11) is 0. The number of nitrogens with zero attached hydrogens (tertiary/aromatic N) is 1. The van der Waals surface area contributed by atoms with E-state index in [1.807, 2.05) is 31.2 Å². The zero-order valence-electron chi connectivity index (χ0n) is 20.3. The molecular formula is C26H36BrN3O4. The fourth-order valence-corrected chi connectivity index (χ4v) is 4.88. The molecule has 0 saturated heterocycles.